The minimum absolute atomic E-state index is 0.201. The largest absolute Gasteiger partial charge is 0.345 e. The first-order chi connectivity index (χ1) is 12.1. The van der Waals surface area contributed by atoms with Crippen molar-refractivity contribution in [2.45, 2.75) is 26.9 Å². The van der Waals surface area contributed by atoms with Gasteiger partial charge in [-0.25, -0.2) is 4.79 Å². The molecule has 1 aromatic heterocycles. The molecule has 2 amide bonds. The first-order valence-corrected chi connectivity index (χ1v) is 8.42. The molecule has 2 aromatic carbocycles. The fourth-order valence-corrected chi connectivity index (χ4v) is 2.72. The van der Waals surface area contributed by atoms with Crippen molar-refractivity contribution in [2.75, 3.05) is 5.32 Å². The molecule has 4 heteroatoms. The second-order valence-electron chi connectivity index (χ2n) is 6.23. The maximum atomic E-state index is 12.1. The third kappa shape index (κ3) is 4.51. The normalized spacial score (nSPS) is 10.5. The van der Waals surface area contributed by atoms with Crippen molar-refractivity contribution in [3.63, 3.8) is 0 Å². The molecule has 0 radical (unpaired) electrons. The van der Waals surface area contributed by atoms with Crippen LogP contribution >= 0.6 is 0 Å². The Morgan fingerprint density at radius 2 is 1.72 bits per heavy atom. The smallest absolute Gasteiger partial charge is 0.319 e. The van der Waals surface area contributed by atoms with Crippen LogP contribution in [0.4, 0.5) is 10.5 Å². The molecule has 0 fully saturated rings. The molecular formula is C21H23N3O. The summed E-state index contributed by atoms with van der Waals surface area (Å²) in [5.41, 5.74) is 5.58. The average molecular weight is 333 g/mol. The Bertz CT molecular complexity index is 850. The van der Waals surface area contributed by atoms with Gasteiger partial charge in [-0.05, 0) is 49.2 Å². The monoisotopic (exact) mass is 333 g/mol. The first-order valence-electron chi connectivity index (χ1n) is 8.42. The number of hydrogen-bond acceptors (Lipinski definition) is 1. The lowest BCUT2D eigenvalue weighted by atomic mass is 10.1. The molecule has 128 valence electrons. The van der Waals surface area contributed by atoms with Gasteiger partial charge in [0.2, 0.25) is 0 Å². The number of nitrogens with one attached hydrogen (secondary N) is 2. The number of anilines is 1. The second kappa shape index (κ2) is 7.71. The molecule has 0 atom stereocenters. The number of aryl methyl sites for hydroxylation is 2. The van der Waals surface area contributed by atoms with Crippen LogP contribution in [0.1, 0.15) is 22.4 Å². The van der Waals surface area contributed by atoms with Gasteiger partial charge in [-0.1, -0.05) is 42.0 Å². The summed E-state index contributed by atoms with van der Waals surface area (Å²) in [7, 11) is 0. The van der Waals surface area contributed by atoms with Crippen molar-refractivity contribution in [2.24, 2.45) is 0 Å². The third-order valence-corrected chi connectivity index (χ3v) is 4.26. The summed E-state index contributed by atoms with van der Waals surface area (Å²) in [5.74, 6) is 0. The summed E-state index contributed by atoms with van der Waals surface area (Å²) < 4.78 is 2.16. The van der Waals surface area contributed by atoms with E-state index in [1.165, 1.54) is 16.7 Å². The van der Waals surface area contributed by atoms with E-state index in [1.807, 2.05) is 55.6 Å². The highest BCUT2D eigenvalue weighted by molar-refractivity contribution is 5.89. The Balaban J connectivity index is 1.59. The van der Waals surface area contributed by atoms with E-state index in [0.717, 1.165) is 17.9 Å². The van der Waals surface area contributed by atoms with Crippen LogP contribution in [0.25, 0.3) is 0 Å². The molecule has 0 saturated heterocycles. The average Bonchev–Trinajstić information content (AvgIpc) is 3.04. The molecule has 0 aliphatic rings. The van der Waals surface area contributed by atoms with Gasteiger partial charge in [0.25, 0.3) is 0 Å². The molecule has 0 aliphatic carbocycles. The maximum absolute atomic E-state index is 12.1. The number of aromatic nitrogens is 1. The van der Waals surface area contributed by atoms with Gasteiger partial charge in [0.15, 0.2) is 0 Å². The predicted octanol–water partition coefficient (Wildman–Crippen LogP) is 4.47. The maximum Gasteiger partial charge on any atom is 0.319 e. The van der Waals surface area contributed by atoms with Gasteiger partial charge in [0, 0.05) is 24.1 Å². The molecule has 25 heavy (non-hydrogen) atoms. The number of urea groups is 1. The summed E-state index contributed by atoms with van der Waals surface area (Å²) in [5, 5.41) is 5.77. The number of benzene rings is 2. The van der Waals surface area contributed by atoms with Gasteiger partial charge in [-0.2, -0.15) is 0 Å². The van der Waals surface area contributed by atoms with Crippen LogP contribution < -0.4 is 10.6 Å². The standard InChI is InChI=1S/C21H23N3O/c1-16-9-11-19(12-10-16)23-21(25)22-14-20-8-5-13-24(20)15-18-7-4-3-6-17(18)2/h3-13H,14-15H2,1-2H3,(H2,22,23,25). The minimum atomic E-state index is -0.201. The molecule has 0 spiro atoms. The molecule has 2 N–H and O–H groups in total. The summed E-state index contributed by atoms with van der Waals surface area (Å²) in [6.45, 7) is 5.42. The van der Waals surface area contributed by atoms with Crippen molar-refractivity contribution < 1.29 is 4.79 Å². The van der Waals surface area contributed by atoms with Crippen molar-refractivity contribution in [3.8, 4) is 0 Å². The zero-order valence-electron chi connectivity index (χ0n) is 14.6. The van der Waals surface area contributed by atoms with Crippen LogP contribution in [0.2, 0.25) is 0 Å². The summed E-state index contributed by atoms with van der Waals surface area (Å²) in [6.07, 6.45) is 2.04. The number of carbonyl (C=O) groups is 1. The molecule has 0 saturated carbocycles. The molecule has 3 rings (SSSR count). The Hall–Kier alpha value is -3.01. The topological polar surface area (TPSA) is 46.1 Å². The molecule has 1 heterocycles. The Morgan fingerprint density at radius 3 is 2.48 bits per heavy atom. The second-order valence-corrected chi connectivity index (χ2v) is 6.23. The van der Waals surface area contributed by atoms with Gasteiger partial charge >= 0.3 is 6.03 Å². The van der Waals surface area contributed by atoms with Crippen molar-refractivity contribution in [3.05, 3.63) is 89.2 Å². The zero-order chi connectivity index (χ0) is 17.6. The van der Waals surface area contributed by atoms with Gasteiger partial charge in [0.1, 0.15) is 0 Å². The quantitative estimate of drug-likeness (QED) is 0.711. The fourth-order valence-electron chi connectivity index (χ4n) is 2.72. The highest BCUT2D eigenvalue weighted by Gasteiger charge is 2.06. The Labute approximate surface area is 148 Å². The summed E-state index contributed by atoms with van der Waals surface area (Å²) in [6, 6.07) is 19.9. The highest BCUT2D eigenvalue weighted by Crippen LogP contribution is 2.12. The van der Waals surface area contributed by atoms with E-state index >= 15 is 0 Å². The van der Waals surface area contributed by atoms with E-state index in [0.29, 0.717) is 6.54 Å². The predicted molar refractivity (Wildman–Crippen MR) is 102 cm³/mol. The van der Waals surface area contributed by atoms with Gasteiger partial charge in [-0.3, -0.25) is 0 Å². The molecule has 0 aliphatic heterocycles. The summed E-state index contributed by atoms with van der Waals surface area (Å²) in [4.78, 5) is 12.1. The van der Waals surface area contributed by atoms with E-state index in [-0.39, 0.29) is 6.03 Å². The lowest BCUT2D eigenvalue weighted by molar-refractivity contribution is 0.251. The van der Waals surface area contributed by atoms with Crippen molar-refractivity contribution >= 4 is 11.7 Å². The van der Waals surface area contributed by atoms with Gasteiger partial charge in [0.05, 0.1) is 6.54 Å². The van der Waals surface area contributed by atoms with E-state index in [2.05, 4.69) is 40.3 Å². The van der Waals surface area contributed by atoms with Crippen LogP contribution in [-0.4, -0.2) is 10.6 Å². The van der Waals surface area contributed by atoms with Crippen LogP contribution in [0.3, 0.4) is 0 Å². The number of nitrogens with zero attached hydrogens (tertiary/aromatic N) is 1. The minimum Gasteiger partial charge on any atom is -0.345 e. The highest BCUT2D eigenvalue weighted by atomic mass is 16.2. The zero-order valence-corrected chi connectivity index (χ0v) is 14.6. The van der Waals surface area contributed by atoms with Gasteiger partial charge < -0.3 is 15.2 Å². The van der Waals surface area contributed by atoms with Crippen LogP contribution in [0.5, 0.6) is 0 Å². The van der Waals surface area contributed by atoms with Crippen molar-refractivity contribution in [1.29, 1.82) is 0 Å². The van der Waals surface area contributed by atoms with E-state index in [9.17, 15) is 4.79 Å². The lowest BCUT2D eigenvalue weighted by Crippen LogP contribution is -2.29. The number of hydrogen-bond donors (Lipinski definition) is 2. The molecule has 3 aromatic rings. The number of carbonyl (C=O) groups excluding carboxylic acids is 1. The number of rotatable bonds is 5. The van der Waals surface area contributed by atoms with E-state index < -0.39 is 0 Å². The van der Waals surface area contributed by atoms with E-state index in [4.69, 9.17) is 0 Å². The third-order valence-electron chi connectivity index (χ3n) is 4.26. The van der Waals surface area contributed by atoms with Crippen LogP contribution in [0.15, 0.2) is 66.9 Å². The Morgan fingerprint density at radius 1 is 0.960 bits per heavy atom. The Kier molecular flexibility index (Phi) is 5.19. The molecule has 0 unspecified atom stereocenters. The van der Waals surface area contributed by atoms with Crippen molar-refractivity contribution in [1.82, 2.24) is 9.88 Å². The van der Waals surface area contributed by atoms with Crippen LogP contribution in [0, 0.1) is 13.8 Å². The van der Waals surface area contributed by atoms with Crippen LogP contribution in [-0.2, 0) is 13.1 Å². The summed E-state index contributed by atoms with van der Waals surface area (Å²) >= 11 is 0. The molecule has 0 bridgehead atoms. The first kappa shape index (κ1) is 16.8. The number of amides is 2. The van der Waals surface area contributed by atoms with E-state index in [1.54, 1.807) is 0 Å². The van der Waals surface area contributed by atoms with Gasteiger partial charge in [-0.15, -0.1) is 0 Å². The SMILES string of the molecule is Cc1ccc(NC(=O)NCc2cccn2Cc2ccccc2C)cc1. The molecule has 4 nitrogen and oxygen atoms in total. The molecular weight excluding hydrogens is 310 g/mol. The fraction of sp³-hybridized carbons (Fsp3) is 0.190. The lowest BCUT2D eigenvalue weighted by Gasteiger charge is -2.13.